The van der Waals surface area contributed by atoms with Crippen molar-refractivity contribution in [3.63, 3.8) is 0 Å². The van der Waals surface area contributed by atoms with Gasteiger partial charge in [0.05, 0.1) is 25.4 Å². The van der Waals surface area contributed by atoms with Gasteiger partial charge in [0.1, 0.15) is 5.82 Å². The highest BCUT2D eigenvalue weighted by molar-refractivity contribution is 5.87. The van der Waals surface area contributed by atoms with Crippen LogP contribution in [0.1, 0.15) is 60.6 Å². The van der Waals surface area contributed by atoms with Crippen LogP contribution in [-0.2, 0) is 20.7 Å². The quantitative estimate of drug-likeness (QED) is 0.353. The average Bonchev–Trinajstić information content (AvgIpc) is 3.25. The van der Waals surface area contributed by atoms with Gasteiger partial charge in [-0.2, -0.15) is 0 Å². The highest BCUT2D eigenvalue weighted by Gasteiger charge is 2.27. The van der Waals surface area contributed by atoms with Gasteiger partial charge in [-0.05, 0) is 87.9 Å². The third-order valence-electron chi connectivity index (χ3n) is 6.56. The summed E-state index contributed by atoms with van der Waals surface area (Å²) in [4.78, 5) is 14.0. The summed E-state index contributed by atoms with van der Waals surface area (Å²) in [5.41, 5.74) is 4.59. The molecule has 5 nitrogen and oxygen atoms in total. The number of hydrogen-bond acceptors (Lipinski definition) is 5. The largest absolute Gasteiger partial charge is 0.463 e. The standard InChI is InChI=1S/C29H38FNO4/c1-5-34-29(33)13-12-24-11-8-20(2)15-27(24)22(4)35-19-26(32)18-31-14-6-7-25(31)16-23-10-9-21(3)28(30)17-23/h8-13,15,17,22,25-26,32H,5-7,14,16,18-19H2,1-4H3/b13-12+/t22-,25?,26-/m1/s1. The van der Waals surface area contributed by atoms with Crippen molar-refractivity contribution in [1.82, 2.24) is 4.90 Å². The van der Waals surface area contributed by atoms with Gasteiger partial charge in [0.25, 0.3) is 0 Å². The zero-order valence-corrected chi connectivity index (χ0v) is 21.3. The number of benzene rings is 2. The number of rotatable bonds is 11. The van der Waals surface area contributed by atoms with Crippen LogP contribution in [0.5, 0.6) is 0 Å². The maximum Gasteiger partial charge on any atom is 0.330 e. The lowest BCUT2D eigenvalue weighted by Crippen LogP contribution is -2.39. The third-order valence-corrected chi connectivity index (χ3v) is 6.56. The van der Waals surface area contributed by atoms with Crippen molar-refractivity contribution in [2.45, 2.75) is 65.2 Å². The summed E-state index contributed by atoms with van der Waals surface area (Å²) in [7, 11) is 0. The van der Waals surface area contributed by atoms with E-state index in [1.54, 1.807) is 26.0 Å². The molecule has 0 aromatic heterocycles. The molecule has 1 aliphatic rings. The van der Waals surface area contributed by atoms with Crippen LogP contribution in [0.3, 0.4) is 0 Å². The molecule has 0 aliphatic carbocycles. The first-order valence-electron chi connectivity index (χ1n) is 12.5. The number of aryl methyl sites for hydroxylation is 2. The first-order chi connectivity index (χ1) is 16.8. The minimum absolute atomic E-state index is 0.165. The Labute approximate surface area is 208 Å². The minimum Gasteiger partial charge on any atom is -0.463 e. The van der Waals surface area contributed by atoms with Crippen LogP contribution in [0.4, 0.5) is 4.39 Å². The Kier molecular flexibility index (Phi) is 10.0. The summed E-state index contributed by atoms with van der Waals surface area (Å²) < 4.78 is 25.0. The van der Waals surface area contributed by atoms with E-state index in [0.29, 0.717) is 24.8 Å². The lowest BCUT2D eigenvalue weighted by molar-refractivity contribution is -0.137. The predicted molar refractivity (Wildman–Crippen MR) is 137 cm³/mol. The Morgan fingerprint density at radius 3 is 2.80 bits per heavy atom. The topological polar surface area (TPSA) is 59.0 Å². The molecule has 1 heterocycles. The Bertz CT molecular complexity index is 1020. The zero-order chi connectivity index (χ0) is 25.4. The number of likely N-dealkylation sites (tertiary alicyclic amines) is 1. The first kappa shape index (κ1) is 27.1. The van der Waals surface area contributed by atoms with Gasteiger partial charge >= 0.3 is 5.97 Å². The minimum atomic E-state index is -0.629. The predicted octanol–water partition coefficient (Wildman–Crippen LogP) is 5.16. The highest BCUT2D eigenvalue weighted by atomic mass is 19.1. The molecule has 3 rings (SSSR count). The van der Waals surface area contributed by atoms with Gasteiger partial charge in [0, 0.05) is 18.7 Å². The van der Waals surface area contributed by atoms with E-state index in [-0.39, 0.29) is 24.5 Å². The molecule has 0 spiro atoms. The Hall–Kier alpha value is -2.54. The number of esters is 1. The molecule has 0 amide bonds. The van der Waals surface area contributed by atoms with Crippen LogP contribution in [0.25, 0.3) is 6.08 Å². The SMILES string of the molecule is CCOC(=O)/C=C/c1ccc(C)cc1[C@@H](C)OC[C@H](O)CN1CCCC1Cc1ccc(C)c(F)c1. The molecule has 1 N–H and O–H groups in total. The van der Waals surface area contributed by atoms with Gasteiger partial charge in [-0.25, -0.2) is 9.18 Å². The molecule has 6 heteroatoms. The summed E-state index contributed by atoms with van der Waals surface area (Å²) in [6.45, 7) is 9.50. The molecule has 190 valence electrons. The van der Waals surface area contributed by atoms with Crippen molar-refractivity contribution >= 4 is 12.0 Å². The number of nitrogens with zero attached hydrogens (tertiary/aromatic N) is 1. The lowest BCUT2D eigenvalue weighted by Gasteiger charge is -2.27. The van der Waals surface area contributed by atoms with E-state index in [1.807, 2.05) is 44.2 Å². The maximum absolute atomic E-state index is 14.0. The molecule has 2 aromatic carbocycles. The summed E-state index contributed by atoms with van der Waals surface area (Å²) in [6.07, 6.45) is 5.17. The van der Waals surface area contributed by atoms with Crippen molar-refractivity contribution < 1.29 is 23.8 Å². The smallest absolute Gasteiger partial charge is 0.330 e. The Balaban J connectivity index is 1.56. The fourth-order valence-electron chi connectivity index (χ4n) is 4.62. The molecule has 2 aromatic rings. The number of halogens is 1. The van der Waals surface area contributed by atoms with Crippen LogP contribution in [0, 0.1) is 19.7 Å². The number of β-amino-alcohol motifs (C(OH)–C–C–N with tert-alkyl or cyclic N) is 1. The van der Waals surface area contributed by atoms with E-state index in [0.717, 1.165) is 48.1 Å². The van der Waals surface area contributed by atoms with Crippen molar-refractivity contribution in [2.24, 2.45) is 0 Å². The highest BCUT2D eigenvalue weighted by Crippen LogP contribution is 2.25. The van der Waals surface area contributed by atoms with Gasteiger partial charge in [0.2, 0.25) is 0 Å². The second-order valence-corrected chi connectivity index (χ2v) is 9.43. The van der Waals surface area contributed by atoms with Crippen molar-refractivity contribution in [3.8, 4) is 0 Å². The molecule has 0 radical (unpaired) electrons. The number of hydrogen-bond donors (Lipinski definition) is 1. The maximum atomic E-state index is 14.0. The summed E-state index contributed by atoms with van der Waals surface area (Å²) in [5.74, 6) is -0.543. The van der Waals surface area contributed by atoms with Crippen LogP contribution in [-0.4, -0.2) is 54.4 Å². The molecular formula is C29H38FNO4. The van der Waals surface area contributed by atoms with Gasteiger partial charge < -0.3 is 14.6 Å². The number of aliphatic hydroxyl groups excluding tert-OH is 1. The molecule has 3 atom stereocenters. The second kappa shape index (κ2) is 13.0. The lowest BCUT2D eigenvalue weighted by atomic mass is 10.00. The molecule has 0 bridgehead atoms. The van der Waals surface area contributed by atoms with Crippen molar-refractivity contribution in [3.05, 3.63) is 76.1 Å². The van der Waals surface area contributed by atoms with E-state index < -0.39 is 6.10 Å². The van der Waals surface area contributed by atoms with Crippen molar-refractivity contribution in [2.75, 3.05) is 26.3 Å². The first-order valence-corrected chi connectivity index (χ1v) is 12.5. The normalized spacial score (nSPS) is 18.2. The fraction of sp³-hybridized carbons (Fsp3) is 0.483. The summed E-state index contributed by atoms with van der Waals surface area (Å²) in [6, 6.07) is 11.7. The fourth-order valence-corrected chi connectivity index (χ4v) is 4.62. The Morgan fingerprint density at radius 2 is 2.06 bits per heavy atom. The number of ether oxygens (including phenoxy) is 2. The molecule has 1 aliphatic heterocycles. The van der Waals surface area contributed by atoms with Gasteiger partial charge in [-0.15, -0.1) is 0 Å². The van der Waals surface area contributed by atoms with E-state index in [1.165, 1.54) is 6.08 Å². The monoisotopic (exact) mass is 483 g/mol. The van der Waals surface area contributed by atoms with Crippen LogP contribution >= 0.6 is 0 Å². The van der Waals surface area contributed by atoms with Crippen molar-refractivity contribution in [1.29, 1.82) is 0 Å². The number of aliphatic hydroxyl groups is 1. The van der Waals surface area contributed by atoms with Gasteiger partial charge in [-0.3, -0.25) is 4.90 Å². The van der Waals surface area contributed by atoms with E-state index in [2.05, 4.69) is 4.90 Å². The van der Waals surface area contributed by atoms with Crippen LogP contribution in [0.2, 0.25) is 0 Å². The average molecular weight is 484 g/mol. The summed E-state index contributed by atoms with van der Waals surface area (Å²) in [5, 5.41) is 10.7. The molecule has 1 unspecified atom stereocenters. The zero-order valence-electron chi connectivity index (χ0n) is 21.3. The molecule has 1 fully saturated rings. The van der Waals surface area contributed by atoms with Gasteiger partial charge in [0.15, 0.2) is 0 Å². The second-order valence-electron chi connectivity index (χ2n) is 9.43. The number of carbonyl (C=O) groups is 1. The van der Waals surface area contributed by atoms with E-state index >= 15 is 0 Å². The Morgan fingerprint density at radius 1 is 1.26 bits per heavy atom. The number of carbonyl (C=O) groups excluding carboxylic acids is 1. The van der Waals surface area contributed by atoms with Crippen LogP contribution < -0.4 is 0 Å². The van der Waals surface area contributed by atoms with E-state index in [4.69, 9.17) is 9.47 Å². The molecule has 0 saturated carbocycles. The molecule has 1 saturated heterocycles. The third kappa shape index (κ3) is 7.99. The molecular weight excluding hydrogens is 445 g/mol. The summed E-state index contributed by atoms with van der Waals surface area (Å²) >= 11 is 0. The van der Waals surface area contributed by atoms with Crippen LogP contribution in [0.15, 0.2) is 42.5 Å². The molecule has 35 heavy (non-hydrogen) atoms. The van der Waals surface area contributed by atoms with Gasteiger partial charge in [-0.1, -0.05) is 35.9 Å². The van der Waals surface area contributed by atoms with E-state index in [9.17, 15) is 14.3 Å².